The zero-order valence-corrected chi connectivity index (χ0v) is 20.1. The van der Waals surface area contributed by atoms with Crippen LogP contribution in [-0.2, 0) is 26.2 Å². The van der Waals surface area contributed by atoms with E-state index in [1.807, 2.05) is 0 Å². The van der Waals surface area contributed by atoms with E-state index in [0.717, 1.165) is 9.87 Å². The van der Waals surface area contributed by atoms with Crippen LogP contribution >= 0.6 is 11.6 Å². The number of carbonyl (C=O) groups excluding carboxylic acids is 2. The maximum Gasteiger partial charge on any atom is 0.243 e. The third kappa shape index (κ3) is 6.44. The highest BCUT2D eigenvalue weighted by atomic mass is 35.5. The van der Waals surface area contributed by atoms with Crippen molar-refractivity contribution >= 4 is 33.4 Å². The fraction of sp³-hybridized carbons (Fsp3) is 0.364. The number of hydrogen-bond acceptors (Lipinski definition) is 5. The molecule has 0 aliphatic heterocycles. The van der Waals surface area contributed by atoms with Crippen molar-refractivity contribution in [3.8, 4) is 5.75 Å². The zero-order chi connectivity index (χ0) is 23.9. The predicted molar refractivity (Wildman–Crippen MR) is 123 cm³/mol. The Bertz CT molecular complexity index is 1030. The summed E-state index contributed by atoms with van der Waals surface area (Å²) in [5.74, 6) is -0.158. The van der Waals surface area contributed by atoms with Gasteiger partial charge in [0.25, 0.3) is 0 Å². The Balaban J connectivity index is 2.25. The lowest BCUT2D eigenvalue weighted by Crippen LogP contribution is -2.50. The summed E-state index contributed by atoms with van der Waals surface area (Å²) in [6, 6.07) is 12.0. The lowest BCUT2D eigenvalue weighted by atomic mass is 10.1. The topological polar surface area (TPSA) is 96.0 Å². The smallest absolute Gasteiger partial charge is 0.243 e. The van der Waals surface area contributed by atoms with Gasteiger partial charge in [-0.1, -0.05) is 23.7 Å². The molecule has 0 spiro atoms. The Morgan fingerprint density at radius 2 is 1.69 bits per heavy atom. The number of rotatable bonds is 10. The number of methoxy groups -OCH3 is 1. The van der Waals surface area contributed by atoms with Crippen LogP contribution in [0.1, 0.15) is 19.4 Å². The molecule has 0 heterocycles. The second kappa shape index (κ2) is 11.3. The lowest BCUT2D eigenvalue weighted by Gasteiger charge is -2.30. The average Bonchev–Trinajstić information content (AvgIpc) is 2.77. The second-order valence-corrected chi connectivity index (χ2v) is 9.64. The first-order chi connectivity index (χ1) is 15.1. The molecule has 2 aromatic carbocycles. The lowest BCUT2D eigenvalue weighted by molar-refractivity contribution is -0.140. The van der Waals surface area contributed by atoms with Gasteiger partial charge >= 0.3 is 0 Å². The third-order valence-electron chi connectivity index (χ3n) is 4.91. The maximum atomic E-state index is 13.2. The van der Waals surface area contributed by atoms with E-state index in [0.29, 0.717) is 17.3 Å². The van der Waals surface area contributed by atoms with Crippen LogP contribution in [0.25, 0.3) is 0 Å². The van der Waals surface area contributed by atoms with Gasteiger partial charge in [0.15, 0.2) is 0 Å². The average molecular weight is 482 g/mol. The fourth-order valence-electron chi connectivity index (χ4n) is 2.99. The van der Waals surface area contributed by atoms with Gasteiger partial charge in [-0.2, -0.15) is 4.31 Å². The molecule has 174 valence electrons. The first kappa shape index (κ1) is 25.6. The molecule has 0 bridgehead atoms. The minimum atomic E-state index is -3.91. The van der Waals surface area contributed by atoms with Gasteiger partial charge in [0.2, 0.25) is 21.8 Å². The first-order valence-corrected chi connectivity index (χ1v) is 11.8. The molecule has 0 aliphatic rings. The van der Waals surface area contributed by atoms with Gasteiger partial charge < -0.3 is 15.0 Å². The van der Waals surface area contributed by atoms with Crippen LogP contribution in [0, 0.1) is 0 Å². The molecule has 10 heteroatoms. The van der Waals surface area contributed by atoms with Crippen molar-refractivity contribution in [2.45, 2.75) is 31.3 Å². The van der Waals surface area contributed by atoms with E-state index in [2.05, 4.69) is 5.32 Å². The highest BCUT2D eigenvalue weighted by Gasteiger charge is 2.30. The van der Waals surface area contributed by atoms with Gasteiger partial charge in [0.1, 0.15) is 11.8 Å². The van der Waals surface area contributed by atoms with Crippen LogP contribution in [0.4, 0.5) is 0 Å². The van der Waals surface area contributed by atoms with Crippen molar-refractivity contribution in [2.75, 3.05) is 27.2 Å². The summed E-state index contributed by atoms with van der Waals surface area (Å²) in [6.07, 6.45) is 0. The van der Waals surface area contributed by atoms with Crippen molar-refractivity contribution < 1.29 is 22.7 Å². The van der Waals surface area contributed by atoms with E-state index in [4.69, 9.17) is 16.3 Å². The molecule has 1 N–H and O–H groups in total. The molecule has 8 nitrogen and oxygen atoms in total. The van der Waals surface area contributed by atoms with Gasteiger partial charge in [0.05, 0.1) is 18.6 Å². The molecular weight excluding hydrogens is 454 g/mol. The molecule has 0 saturated carbocycles. The van der Waals surface area contributed by atoms with Crippen LogP contribution in [0.15, 0.2) is 53.4 Å². The summed E-state index contributed by atoms with van der Waals surface area (Å²) in [5, 5.41) is 3.11. The van der Waals surface area contributed by atoms with Gasteiger partial charge in [-0.3, -0.25) is 9.59 Å². The van der Waals surface area contributed by atoms with Gasteiger partial charge in [-0.25, -0.2) is 8.42 Å². The molecule has 0 fully saturated rings. The van der Waals surface area contributed by atoms with Crippen molar-refractivity contribution in [1.82, 2.24) is 14.5 Å². The van der Waals surface area contributed by atoms with Crippen LogP contribution < -0.4 is 10.1 Å². The maximum absolute atomic E-state index is 13.2. The number of hydrogen-bond donors (Lipinski definition) is 1. The number of halogens is 1. The molecule has 0 saturated heterocycles. The van der Waals surface area contributed by atoms with E-state index in [9.17, 15) is 18.0 Å². The normalized spacial score (nSPS) is 12.3. The standard InChI is InChI=1S/C22H28ClN3O5S/c1-5-24-22(28)16(2)26(14-17-6-10-19(31-4)11-7-17)21(27)15-25(3)32(29,30)20-12-8-18(23)9-13-20/h6-13,16H,5,14-15H2,1-4H3,(H,24,28)/t16-/m0/s1. The Hall–Kier alpha value is -2.62. The Kier molecular flexibility index (Phi) is 9.06. The quantitative estimate of drug-likeness (QED) is 0.562. The summed E-state index contributed by atoms with van der Waals surface area (Å²) in [6.45, 7) is 3.52. The van der Waals surface area contributed by atoms with Crippen LogP contribution in [0.5, 0.6) is 5.75 Å². The molecule has 0 radical (unpaired) electrons. The number of nitrogens with one attached hydrogen (secondary N) is 1. The number of carbonyl (C=O) groups is 2. The van der Waals surface area contributed by atoms with E-state index in [1.165, 1.54) is 36.2 Å². The Labute approximate surface area is 194 Å². The molecule has 2 rings (SSSR count). The number of sulfonamides is 1. The van der Waals surface area contributed by atoms with Crippen LogP contribution in [-0.4, -0.2) is 62.7 Å². The minimum absolute atomic E-state index is 0.0238. The number of likely N-dealkylation sites (N-methyl/N-ethyl adjacent to an activating group) is 2. The zero-order valence-electron chi connectivity index (χ0n) is 18.5. The highest BCUT2D eigenvalue weighted by molar-refractivity contribution is 7.89. The number of amides is 2. The van der Waals surface area contributed by atoms with Gasteiger partial charge in [-0.15, -0.1) is 0 Å². The molecule has 0 aliphatic carbocycles. The van der Waals surface area contributed by atoms with Gasteiger partial charge in [-0.05, 0) is 55.8 Å². The molecule has 32 heavy (non-hydrogen) atoms. The second-order valence-electron chi connectivity index (χ2n) is 7.16. The van der Waals surface area contributed by atoms with Gasteiger partial charge in [0, 0.05) is 25.2 Å². The molecule has 2 amide bonds. The molecule has 1 atom stereocenters. The molecule has 0 aromatic heterocycles. The number of ether oxygens (including phenoxy) is 1. The summed E-state index contributed by atoms with van der Waals surface area (Å²) in [5.41, 5.74) is 0.776. The van der Waals surface area contributed by atoms with Crippen LogP contribution in [0.2, 0.25) is 5.02 Å². The summed E-state index contributed by atoms with van der Waals surface area (Å²) in [4.78, 5) is 27.0. The molecular formula is C22H28ClN3O5S. The van der Waals surface area contributed by atoms with E-state index >= 15 is 0 Å². The Morgan fingerprint density at radius 1 is 1.09 bits per heavy atom. The molecule has 0 unspecified atom stereocenters. The Morgan fingerprint density at radius 3 is 2.22 bits per heavy atom. The van der Waals surface area contributed by atoms with Crippen molar-refractivity contribution in [3.63, 3.8) is 0 Å². The fourth-order valence-corrected chi connectivity index (χ4v) is 4.23. The van der Waals surface area contributed by atoms with E-state index in [1.54, 1.807) is 45.2 Å². The summed E-state index contributed by atoms with van der Waals surface area (Å²) in [7, 11) is -1.03. The summed E-state index contributed by atoms with van der Waals surface area (Å²) >= 11 is 5.84. The molecule has 2 aromatic rings. The van der Waals surface area contributed by atoms with Crippen molar-refractivity contribution in [1.29, 1.82) is 0 Å². The third-order valence-corrected chi connectivity index (χ3v) is 6.98. The van der Waals surface area contributed by atoms with Crippen LogP contribution in [0.3, 0.4) is 0 Å². The predicted octanol–water partition coefficient (Wildman–Crippen LogP) is 2.52. The number of benzene rings is 2. The first-order valence-electron chi connectivity index (χ1n) is 10.0. The van der Waals surface area contributed by atoms with E-state index < -0.39 is 28.5 Å². The highest BCUT2D eigenvalue weighted by Crippen LogP contribution is 2.19. The number of nitrogens with zero attached hydrogens (tertiary/aromatic N) is 2. The van der Waals surface area contributed by atoms with Crippen molar-refractivity contribution in [3.05, 3.63) is 59.1 Å². The monoisotopic (exact) mass is 481 g/mol. The van der Waals surface area contributed by atoms with E-state index in [-0.39, 0.29) is 17.3 Å². The largest absolute Gasteiger partial charge is 0.497 e. The minimum Gasteiger partial charge on any atom is -0.497 e. The SMILES string of the molecule is CCNC(=O)[C@H](C)N(Cc1ccc(OC)cc1)C(=O)CN(C)S(=O)(=O)c1ccc(Cl)cc1. The summed E-state index contributed by atoms with van der Waals surface area (Å²) < 4.78 is 31.8. The van der Waals surface area contributed by atoms with Crippen molar-refractivity contribution in [2.24, 2.45) is 0 Å².